The molecular weight excluding hydrogens is 242 g/mol. The van der Waals surface area contributed by atoms with Crippen LogP contribution < -0.4 is 0 Å². The maximum Gasteiger partial charge on any atom is 0.115 e. The predicted octanol–water partition coefficient (Wildman–Crippen LogP) is 0.724. The van der Waals surface area contributed by atoms with Crippen molar-refractivity contribution in [3.8, 4) is 0 Å². The van der Waals surface area contributed by atoms with Crippen LogP contribution in [0.15, 0.2) is 12.5 Å². The maximum atomic E-state index is 9.88. The van der Waals surface area contributed by atoms with Gasteiger partial charge in [0.15, 0.2) is 0 Å². The second-order valence-electron chi connectivity index (χ2n) is 5.57. The van der Waals surface area contributed by atoms with E-state index in [9.17, 15) is 5.11 Å². The second kappa shape index (κ2) is 5.53. The molecule has 0 saturated carbocycles. The highest BCUT2D eigenvalue weighted by Gasteiger charge is 2.34. The lowest BCUT2D eigenvalue weighted by Gasteiger charge is -2.36. The number of nitrogens with zero attached hydrogens (tertiary/aromatic N) is 3. The number of aliphatic hydroxyl groups excluding tert-OH is 1. The van der Waals surface area contributed by atoms with Crippen LogP contribution >= 0.6 is 0 Å². The number of aryl methyl sites for hydroxylation is 1. The Bertz CT molecular complexity index is 432. The van der Waals surface area contributed by atoms with Crippen molar-refractivity contribution in [1.29, 1.82) is 0 Å². The van der Waals surface area contributed by atoms with Gasteiger partial charge in [0.1, 0.15) is 6.33 Å². The molecule has 1 aromatic heterocycles. The fourth-order valence-corrected chi connectivity index (χ4v) is 3.22. The van der Waals surface area contributed by atoms with Gasteiger partial charge >= 0.3 is 0 Å². The van der Waals surface area contributed by atoms with E-state index in [1.54, 1.807) is 6.33 Å². The van der Waals surface area contributed by atoms with Crippen molar-refractivity contribution < 1.29 is 9.84 Å². The largest absolute Gasteiger partial charge is 0.389 e. The first kappa shape index (κ1) is 13.0. The third-order valence-corrected chi connectivity index (χ3v) is 4.34. The third kappa shape index (κ3) is 2.63. The molecule has 2 fully saturated rings. The normalized spacial score (nSPS) is 29.8. The number of hydrogen-bond donors (Lipinski definition) is 1. The standard InChI is InChI=1S/C14H21N3O2/c1-10-6-15-9-16-14(10)11-2-4-17(5-3-11)12-7-19-8-13(12)18/h6,9,11-13,18H,2-5,7-8H2,1H3/t12-,13-/m1/s1. The lowest BCUT2D eigenvalue weighted by molar-refractivity contribution is 0.0660. The van der Waals surface area contributed by atoms with Gasteiger partial charge in [-0.1, -0.05) is 0 Å². The molecule has 1 N–H and O–H groups in total. The van der Waals surface area contributed by atoms with Gasteiger partial charge in [-0.3, -0.25) is 4.90 Å². The van der Waals surface area contributed by atoms with Crippen LogP contribution in [0.2, 0.25) is 0 Å². The molecule has 104 valence electrons. The summed E-state index contributed by atoms with van der Waals surface area (Å²) < 4.78 is 5.34. The number of piperidine rings is 1. The van der Waals surface area contributed by atoms with E-state index in [1.807, 2.05) is 6.20 Å². The molecule has 5 nitrogen and oxygen atoms in total. The molecular formula is C14H21N3O2. The summed E-state index contributed by atoms with van der Waals surface area (Å²) >= 11 is 0. The van der Waals surface area contributed by atoms with E-state index in [4.69, 9.17) is 4.74 Å². The monoisotopic (exact) mass is 263 g/mol. The molecule has 3 heterocycles. The zero-order valence-corrected chi connectivity index (χ0v) is 11.3. The van der Waals surface area contributed by atoms with Gasteiger partial charge in [0.25, 0.3) is 0 Å². The fraction of sp³-hybridized carbons (Fsp3) is 0.714. The Kier molecular flexibility index (Phi) is 3.77. The van der Waals surface area contributed by atoms with E-state index in [-0.39, 0.29) is 12.1 Å². The Morgan fingerprint density at radius 3 is 2.74 bits per heavy atom. The van der Waals surface area contributed by atoms with E-state index in [0.717, 1.165) is 25.9 Å². The molecule has 0 spiro atoms. The molecule has 0 radical (unpaired) electrons. The van der Waals surface area contributed by atoms with Crippen molar-refractivity contribution in [2.24, 2.45) is 0 Å². The number of aliphatic hydroxyl groups is 1. The summed E-state index contributed by atoms with van der Waals surface area (Å²) in [6.07, 6.45) is 5.41. The van der Waals surface area contributed by atoms with Crippen molar-refractivity contribution in [1.82, 2.24) is 14.9 Å². The van der Waals surface area contributed by atoms with Gasteiger partial charge in [-0.15, -0.1) is 0 Å². The van der Waals surface area contributed by atoms with Gasteiger partial charge in [0.2, 0.25) is 0 Å². The Labute approximate surface area is 113 Å². The van der Waals surface area contributed by atoms with Crippen molar-refractivity contribution >= 4 is 0 Å². The summed E-state index contributed by atoms with van der Waals surface area (Å²) in [7, 11) is 0. The first-order valence-electron chi connectivity index (χ1n) is 7.02. The predicted molar refractivity (Wildman–Crippen MR) is 70.9 cm³/mol. The van der Waals surface area contributed by atoms with Gasteiger partial charge in [-0.05, 0) is 38.4 Å². The van der Waals surface area contributed by atoms with Crippen molar-refractivity contribution in [3.05, 3.63) is 23.8 Å². The minimum absolute atomic E-state index is 0.187. The van der Waals surface area contributed by atoms with E-state index in [0.29, 0.717) is 19.1 Å². The van der Waals surface area contributed by atoms with E-state index in [1.165, 1.54) is 11.3 Å². The number of ether oxygens (including phenoxy) is 1. The van der Waals surface area contributed by atoms with Crippen LogP contribution in [0.3, 0.4) is 0 Å². The Morgan fingerprint density at radius 2 is 2.11 bits per heavy atom. The molecule has 0 bridgehead atoms. The van der Waals surface area contributed by atoms with Crippen LogP contribution in [0.5, 0.6) is 0 Å². The zero-order valence-electron chi connectivity index (χ0n) is 11.3. The number of rotatable bonds is 2. The Balaban J connectivity index is 1.62. The molecule has 3 rings (SSSR count). The summed E-state index contributed by atoms with van der Waals surface area (Å²) in [5, 5.41) is 9.88. The highest BCUT2D eigenvalue weighted by atomic mass is 16.5. The molecule has 5 heteroatoms. The zero-order chi connectivity index (χ0) is 13.2. The van der Waals surface area contributed by atoms with E-state index < -0.39 is 0 Å². The van der Waals surface area contributed by atoms with E-state index >= 15 is 0 Å². The molecule has 0 unspecified atom stereocenters. The topological polar surface area (TPSA) is 58.5 Å². The highest BCUT2D eigenvalue weighted by molar-refractivity contribution is 5.19. The lowest BCUT2D eigenvalue weighted by Crippen LogP contribution is -2.46. The van der Waals surface area contributed by atoms with Gasteiger partial charge in [-0.25, -0.2) is 9.97 Å². The molecule has 0 amide bonds. The van der Waals surface area contributed by atoms with Crippen LogP contribution in [-0.4, -0.2) is 58.4 Å². The van der Waals surface area contributed by atoms with Crippen molar-refractivity contribution in [3.63, 3.8) is 0 Å². The molecule has 2 aliphatic heterocycles. The average Bonchev–Trinajstić information content (AvgIpc) is 2.86. The molecule has 2 aliphatic rings. The lowest BCUT2D eigenvalue weighted by atomic mass is 9.90. The molecule has 0 aromatic carbocycles. The summed E-state index contributed by atoms with van der Waals surface area (Å²) in [4.78, 5) is 10.9. The van der Waals surface area contributed by atoms with Crippen molar-refractivity contribution in [2.45, 2.75) is 37.8 Å². The van der Waals surface area contributed by atoms with Gasteiger partial charge < -0.3 is 9.84 Å². The second-order valence-corrected chi connectivity index (χ2v) is 5.57. The van der Waals surface area contributed by atoms with E-state index in [2.05, 4.69) is 21.8 Å². The minimum Gasteiger partial charge on any atom is -0.389 e. The third-order valence-electron chi connectivity index (χ3n) is 4.34. The number of likely N-dealkylation sites (tertiary alicyclic amines) is 1. The van der Waals surface area contributed by atoms with Gasteiger partial charge in [0, 0.05) is 17.8 Å². The molecule has 2 atom stereocenters. The van der Waals surface area contributed by atoms with Gasteiger partial charge in [0.05, 0.1) is 25.4 Å². The number of aromatic nitrogens is 2. The summed E-state index contributed by atoms with van der Waals surface area (Å²) in [6, 6.07) is 0.187. The molecule has 1 aromatic rings. The number of hydrogen-bond acceptors (Lipinski definition) is 5. The van der Waals surface area contributed by atoms with Crippen molar-refractivity contribution in [2.75, 3.05) is 26.3 Å². The van der Waals surface area contributed by atoms with Crippen LogP contribution in [-0.2, 0) is 4.74 Å². The first-order valence-corrected chi connectivity index (χ1v) is 7.02. The molecule has 0 aliphatic carbocycles. The smallest absolute Gasteiger partial charge is 0.115 e. The Morgan fingerprint density at radius 1 is 1.32 bits per heavy atom. The fourth-order valence-electron chi connectivity index (χ4n) is 3.22. The first-order chi connectivity index (χ1) is 9.25. The molecule has 2 saturated heterocycles. The van der Waals surface area contributed by atoms with Crippen LogP contribution in [0.4, 0.5) is 0 Å². The Hall–Kier alpha value is -1.04. The average molecular weight is 263 g/mol. The van der Waals surface area contributed by atoms with Crippen LogP contribution in [0.25, 0.3) is 0 Å². The maximum absolute atomic E-state index is 9.88. The summed E-state index contributed by atoms with van der Waals surface area (Å²) in [6.45, 7) is 5.25. The SMILES string of the molecule is Cc1cncnc1C1CCN([C@@H]2COC[C@H]2O)CC1. The highest BCUT2D eigenvalue weighted by Crippen LogP contribution is 2.30. The summed E-state index contributed by atoms with van der Waals surface area (Å²) in [5.41, 5.74) is 2.38. The van der Waals surface area contributed by atoms with Gasteiger partial charge in [-0.2, -0.15) is 0 Å². The minimum atomic E-state index is -0.322. The summed E-state index contributed by atoms with van der Waals surface area (Å²) in [5.74, 6) is 0.527. The quantitative estimate of drug-likeness (QED) is 0.852. The van der Waals surface area contributed by atoms with Crippen LogP contribution in [0.1, 0.15) is 30.0 Å². The van der Waals surface area contributed by atoms with Crippen LogP contribution in [0, 0.1) is 6.92 Å². The molecule has 19 heavy (non-hydrogen) atoms.